The number of likely N-dealkylation sites (tertiary alicyclic amines) is 2. The van der Waals surface area contributed by atoms with E-state index >= 15 is 0 Å². The number of unbranched alkanes of at least 4 members (excludes halogenated alkanes) is 4. The summed E-state index contributed by atoms with van der Waals surface area (Å²) in [6.45, 7) is 8.07. The molecule has 2 aromatic carbocycles. The van der Waals surface area contributed by atoms with Crippen LogP contribution in [-0.2, 0) is 15.9 Å². The van der Waals surface area contributed by atoms with E-state index in [0.717, 1.165) is 62.7 Å². The smallest absolute Gasteiger partial charge is 0.338 e. The summed E-state index contributed by atoms with van der Waals surface area (Å²) in [6, 6.07) is 11.0. The first-order valence-corrected chi connectivity index (χ1v) is 16.4. The second-order valence-corrected chi connectivity index (χ2v) is 12.1. The van der Waals surface area contributed by atoms with Crippen molar-refractivity contribution in [1.82, 2.24) is 9.80 Å². The molecule has 42 heavy (non-hydrogen) atoms. The maximum atomic E-state index is 12.7. The number of carbonyl (C=O) groups is 2. The standard InChI is InChI=1S/C35H48N2O5/c38-34(40-23-11-3-9-21-36-17-5-1-6-18-36)30-15-13-28-25-29-14-16-31(27-33(29)42-32(28)26-30)35(39)41-24-12-4-10-22-37-19-7-2-8-20-37/h13-16,26-27H,1-12,17-25H2. The molecule has 5 rings (SSSR count). The Morgan fingerprint density at radius 3 is 1.50 bits per heavy atom. The first-order valence-electron chi connectivity index (χ1n) is 16.4. The molecule has 0 saturated carbocycles. The first-order chi connectivity index (χ1) is 20.7. The molecule has 0 aromatic heterocycles. The van der Waals surface area contributed by atoms with Crippen molar-refractivity contribution in [1.29, 1.82) is 0 Å². The number of piperidine rings is 2. The average Bonchev–Trinajstić information content (AvgIpc) is 3.03. The molecular formula is C35H48N2O5. The fourth-order valence-electron chi connectivity index (χ4n) is 6.26. The molecular weight excluding hydrogens is 528 g/mol. The van der Waals surface area contributed by atoms with E-state index in [2.05, 4.69) is 9.80 Å². The zero-order valence-corrected chi connectivity index (χ0v) is 25.2. The topological polar surface area (TPSA) is 68.3 Å². The molecule has 2 saturated heterocycles. The minimum atomic E-state index is -0.323. The van der Waals surface area contributed by atoms with E-state index in [1.54, 1.807) is 12.1 Å². The Hall–Kier alpha value is -2.90. The van der Waals surface area contributed by atoms with Crippen molar-refractivity contribution in [2.45, 2.75) is 83.5 Å². The highest BCUT2D eigenvalue weighted by molar-refractivity contribution is 5.91. The summed E-state index contributed by atoms with van der Waals surface area (Å²) in [5, 5.41) is 0. The van der Waals surface area contributed by atoms with Gasteiger partial charge in [0.05, 0.1) is 24.3 Å². The number of ether oxygens (including phenoxy) is 3. The van der Waals surface area contributed by atoms with Gasteiger partial charge in [0.2, 0.25) is 0 Å². The Balaban J connectivity index is 1.03. The third kappa shape index (κ3) is 9.05. The van der Waals surface area contributed by atoms with Gasteiger partial charge in [0.15, 0.2) is 0 Å². The third-order valence-corrected chi connectivity index (χ3v) is 8.81. The molecule has 228 valence electrons. The van der Waals surface area contributed by atoms with E-state index in [4.69, 9.17) is 14.2 Å². The summed E-state index contributed by atoms with van der Waals surface area (Å²) in [4.78, 5) is 30.5. The molecule has 3 aliphatic heterocycles. The summed E-state index contributed by atoms with van der Waals surface area (Å²) in [5.41, 5.74) is 3.00. The van der Waals surface area contributed by atoms with Crippen LogP contribution in [-0.4, -0.2) is 74.2 Å². The summed E-state index contributed by atoms with van der Waals surface area (Å²) < 4.78 is 17.3. The quantitative estimate of drug-likeness (QED) is 0.151. The molecule has 3 aliphatic rings. The van der Waals surface area contributed by atoms with E-state index in [9.17, 15) is 9.59 Å². The van der Waals surface area contributed by atoms with E-state index in [-0.39, 0.29) is 11.9 Å². The van der Waals surface area contributed by atoms with E-state index in [1.165, 1.54) is 64.7 Å². The number of rotatable bonds is 14. The lowest BCUT2D eigenvalue weighted by Gasteiger charge is -2.26. The molecule has 3 heterocycles. The van der Waals surface area contributed by atoms with Gasteiger partial charge in [0.25, 0.3) is 0 Å². The molecule has 2 aromatic rings. The molecule has 0 amide bonds. The second kappa shape index (κ2) is 16.1. The zero-order valence-electron chi connectivity index (χ0n) is 25.2. The first kappa shape index (κ1) is 30.6. The van der Waals surface area contributed by atoms with Crippen LogP contribution in [0.1, 0.15) is 109 Å². The minimum Gasteiger partial charge on any atom is -0.462 e. The van der Waals surface area contributed by atoms with Crippen molar-refractivity contribution in [3.63, 3.8) is 0 Å². The van der Waals surface area contributed by atoms with E-state index in [0.29, 0.717) is 42.3 Å². The third-order valence-electron chi connectivity index (χ3n) is 8.81. The lowest BCUT2D eigenvalue weighted by atomic mass is 9.98. The number of benzene rings is 2. The highest BCUT2D eigenvalue weighted by Gasteiger charge is 2.21. The van der Waals surface area contributed by atoms with Gasteiger partial charge < -0.3 is 24.0 Å². The van der Waals surface area contributed by atoms with Crippen LogP contribution in [0.15, 0.2) is 36.4 Å². The number of fused-ring (bicyclic) bond motifs is 2. The molecule has 0 spiro atoms. The fraction of sp³-hybridized carbons (Fsp3) is 0.600. The van der Waals surface area contributed by atoms with Gasteiger partial charge >= 0.3 is 11.9 Å². The molecule has 7 nitrogen and oxygen atoms in total. The van der Waals surface area contributed by atoms with Crippen LogP contribution in [0, 0.1) is 0 Å². The van der Waals surface area contributed by atoms with Crippen molar-refractivity contribution in [2.75, 3.05) is 52.5 Å². The largest absolute Gasteiger partial charge is 0.462 e. The Morgan fingerprint density at radius 1 is 0.595 bits per heavy atom. The number of nitrogens with zero attached hydrogens (tertiary/aromatic N) is 2. The zero-order chi connectivity index (χ0) is 29.0. The maximum absolute atomic E-state index is 12.7. The van der Waals surface area contributed by atoms with Crippen molar-refractivity contribution < 1.29 is 23.8 Å². The summed E-state index contributed by atoms with van der Waals surface area (Å²) >= 11 is 0. The van der Waals surface area contributed by atoms with Gasteiger partial charge in [0.1, 0.15) is 11.5 Å². The molecule has 0 unspecified atom stereocenters. The van der Waals surface area contributed by atoms with Gasteiger partial charge in [0, 0.05) is 6.42 Å². The van der Waals surface area contributed by atoms with E-state index < -0.39 is 0 Å². The summed E-state index contributed by atoms with van der Waals surface area (Å²) in [7, 11) is 0. The van der Waals surface area contributed by atoms with Crippen LogP contribution in [0.3, 0.4) is 0 Å². The maximum Gasteiger partial charge on any atom is 0.338 e. The van der Waals surface area contributed by atoms with Gasteiger partial charge in [-0.1, -0.05) is 25.0 Å². The van der Waals surface area contributed by atoms with Crippen molar-refractivity contribution in [3.8, 4) is 11.5 Å². The fourth-order valence-corrected chi connectivity index (χ4v) is 6.26. The Kier molecular flexibility index (Phi) is 11.7. The van der Waals surface area contributed by atoms with E-state index in [1.807, 2.05) is 24.3 Å². The molecule has 0 radical (unpaired) electrons. The number of hydrogen-bond donors (Lipinski definition) is 0. The Labute approximate surface area is 251 Å². The molecule has 0 atom stereocenters. The average molecular weight is 577 g/mol. The molecule has 0 bridgehead atoms. The van der Waals surface area contributed by atoms with Gasteiger partial charge in [-0.05, 0) is 139 Å². The van der Waals surface area contributed by atoms with Gasteiger partial charge in [-0.2, -0.15) is 0 Å². The summed E-state index contributed by atoms with van der Waals surface area (Å²) in [6.07, 6.45) is 14.9. The van der Waals surface area contributed by atoms with Gasteiger partial charge in [-0.3, -0.25) is 0 Å². The lowest BCUT2D eigenvalue weighted by molar-refractivity contribution is 0.0487. The van der Waals surface area contributed by atoms with Crippen LogP contribution < -0.4 is 4.74 Å². The molecule has 2 fully saturated rings. The second-order valence-electron chi connectivity index (χ2n) is 12.1. The van der Waals surface area contributed by atoms with Gasteiger partial charge in [-0.25, -0.2) is 9.59 Å². The summed E-state index contributed by atoms with van der Waals surface area (Å²) in [5.74, 6) is 0.628. The van der Waals surface area contributed by atoms with Crippen molar-refractivity contribution >= 4 is 11.9 Å². The molecule has 0 aliphatic carbocycles. The number of hydrogen-bond acceptors (Lipinski definition) is 7. The highest BCUT2D eigenvalue weighted by atomic mass is 16.5. The van der Waals surface area contributed by atoms with Crippen molar-refractivity contribution in [2.24, 2.45) is 0 Å². The Morgan fingerprint density at radius 2 is 1.05 bits per heavy atom. The molecule has 0 N–H and O–H groups in total. The SMILES string of the molecule is O=C(OCCCCCN1CCCCC1)c1ccc2c(c1)Oc1cc(C(=O)OCCCCCN3CCCCC3)ccc1C2. The lowest BCUT2D eigenvalue weighted by Crippen LogP contribution is -2.30. The van der Waals surface area contributed by atoms with Crippen LogP contribution in [0.4, 0.5) is 0 Å². The van der Waals surface area contributed by atoms with Crippen LogP contribution in [0.5, 0.6) is 11.5 Å². The van der Waals surface area contributed by atoms with Crippen LogP contribution in [0.2, 0.25) is 0 Å². The molecule has 7 heteroatoms. The monoisotopic (exact) mass is 576 g/mol. The van der Waals surface area contributed by atoms with Crippen LogP contribution in [0.25, 0.3) is 0 Å². The minimum absolute atomic E-state index is 0.323. The Bertz CT molecular complexity index is 1080. The normalized spacial score (nSPS) is 17.1. The van der Waals surface area contributed by atoms with Gasteiger partial charge in [-0.15, -0.1) is 0 Å². The number of esters is 2. The predicted octanol–water partition coefficient (Wildman–Crippen LogP) is 7.01. The number of carbonyl (C=O) groups excluding carboxylic acids is 2. The van der Waals surface area contributed by atoms with Crippen molar-refractivity contribution in [3.05, 3.63) is 58.7 Å². The highest BCUT2D eigenvalue weighted by Crippen LogP contribution is 2.37. The predicted molar refractivity (Wildman–Crippen MR) is 165 cm³/mol. The van der Waals surface area contributed by atoms with Crippen LogP contribution >= 0.6 is 0 Å².